The van der Waals surface area contributed by atoms with E-state index in [2.05, 4.69) is 115 Å². The average Bonchev–Trinajstić information content (AvgIpc) is 3.16. The highest BCUT2D eigenvalue weighted by molar-refractivity contribution is 5.94. The predicted octanol–water partition coefficient (Wildman–Crippen LogP) is 11.2. The highest BCUT2D eigenvalue weighted by Gasteiger charge is 2.41. The number of hydrogen-bond donors (Lipinski definition) is 0. The van der Waals surface area contributed by atoms with Crippen LogP contribution in [0.3, 0.4) is 0 Å². The summed E-state index contributed by atoms with van der Waals surface area (Å²) in [7, 11) is 0. The van der Waals surface area contributed by atoms with Crippen molar-refractivity contribution in [2.24, 2.45) is 5.92 Å². The number of hydrogen-bond acceptors (Lipinski definition) is 1. The standard InChI is InChI=1S/C39H47N/c1-9-12-15-26-19-25(6)38-28(10-2)35(11-3)40-36(32(38)20-26)21-27(18-24(4)5)30-22-31-29-16-13-14-17-33(29)39(7,8)34(31)23-37(30)40/h13-14,16-17,19-24,36H,9-12,15,18H2,1-8H3. The average molecular weight is 530 g/mol. The molecule has 0 spiro atoms. The van der Waals surface area contributed by atoms with Gasteiger partial charge in [0.15, 0.2) is 0 Å². The minimum atomic E-state index is -0.00287. The third kappa shape index (κ3) is 4.03. The van der Waals surface area contributed by atoms with Crippen LogP contribution < -0.4 is 4.90 Å². The second kappa shape index (κ2) is 10.1. The normalized spacial score (nSPS) is 18.3. The molecule has 3 aromatic carbocycles. The van der Waals surface area contributed by atoms with Crippen molar-refractivity contribution in [2.75, 3.05) is 4.90 Å². The lowest BCUT2D eigenvalue weighted by Gasteiger charge is -2.45. The summed E-state index contributed by atoms with van der Waals surface area (Å²) in [4.78, 5) is 2.75. The van der Waals surface area contributed by atoms with Gasteiger partial charge in [0.25, 0.3) is 0 Å². The highest BCUT2D eigenvalue weighted by Crippen LogP contribution is 2.56. The molecular weight excluding hydrogens is 482 g/mol. The van der Waals surface area contributed by atoms with Crippen molar-refractivity contribution in [1.82, 2.24) is 0 Å². The van der Waals surface area contributed by atoms with Crippen LogP contribution in [0, 0.1) is 12.8 Å². The third-order valence-corrected chi connectivity index (χ3v) is 9.76. The lowest BCUT2D eigenvalue weighted by molar-refractivity contribution is 0.654. The van der Waals surface area contributed by atoms with Crippen molar-refractivity contribution < 1.29 is 0 Å². The van der Waals surface area contributed by atoms with Gasteiger partial charge >= 0.3 is 0 Å². The van der Waals surface area contributed by atoms with Gasteiger partial charge in [-0.3, -0.25) is 0 Å². The Kier molecular flexibility index (Phi) is 6.84. The number of benzene rings is 3. The molecule has 0 aromatic heterocycles. The fourth-order valence-corrected chi connectivity index (χ4v) is 7.97. The van der Waals surface area contributed by atoms with E-state index in [-0.39, 0.29) is 11.5 Å². The van der Waals surface area contributed by atoms with Crippen LogP contribution in [0.15, 0.2) is 60.3 Å². The smallest absolute Gasteiger partial charge is 0.0784 e. The van der Waals surface area contributed by atoms with E-state index < -0.39 is 0 Å². The van der Waals surface area contributed by atoms with Crippen molar-refractivity contribution in [1.29, 1.82) is 0 Å². The molecule has 3 aliphatic rings. The molecule has 1 unspecified atom stereocenters. The molecule has 2 aliphatic heterocycles. The molecule has 0 N–H and O–H groups in total. The number of rotatable bonds is 7. The van der Waals surface area contributed by atoms with E-state index in [1.807, 2.05) is 0 Å². The third-order valence-electron chi connectivity index (χ3n) is 9.76. The molecule has 0 fully saturated rings. The summed E-state index contributed by atoms with van der Waals surface area (Å²) in [6, 6.07) is 19.5. The van der Waals surface area contributed by atoms with Crippen LogP contribution >= 0.6 is 0 Å². The van der Waals surface area contributed by atoms with Gasteiger partial charge in [0.05, 0.1) is 6.04 Å². The number of anilines is 1. The Bertz CT molecular complexity index is 1540. The molecule has 6 rings (SSSR count). The van der Waals surface area contributed by atoms with Crippen LogP contribution in [-0.4, -0.2) is 0 Å². The van der Waals surface area contributed by atoms with Crippen molar-refractivity contribution in [2.45, 2.75) is 105 Å². The number of fused-ring (bicyclic) bond motifs is 8. The van der Waals surface area contributed by atoms with Gasteiger partial charge in [0.1, 0.15) is 0 Å². The minimum absolute atomic E-state index is 0.00287. The molecule has 0 saturated carbocycles. The Morgan fingerprint density at radius 3 is 2.35 bits per heavy atom. The molecule has 0 amide bonds. The summed E-state index contributed by atoms with van der Waals surface area (Å²) in [5, 5.41) is 0. The van der Waals surface area contributed by atoms with E-state index >= 15 is 0 Å². The maximum atomic E-state index is 2.75. The van der Waals surface area contributed by atoms with E-state index in [0.29, 0.717) is 5.92 Å². The summed E-state index contributed by atoms with van der Waals surface area (Å²) in [6.07, 6.45) is 9.52. The molecule has 1 nitrogen and oxygen atoms in total. The molecule has 1 heteroatoms. The summed E-state index contributed by atoms with van der Waals surface area (Å²) in [5.74, 6) is 0.607. The second-order valence-electron chi connectivity index (χ2n) is 13.3. The molecule has 40 heavy (non-hydrogen) atoms. The van der Waals surface area contributed by atoms with Gasteiger partial charge in [-0.1, -0.05) is 97.4 Å². The number of unbranched alkanes of at least 4 members (excludes halogenated alkanes) is 1. The zero-order valence-corrected chi connectivity index (χ0v) is 26.0. The first-order valence-corrected chi connectivity index (χ1v) is 15.9. The Balaban J connectivity index is 1.64. The second-order valence-corrected chi connectivity index (χ2v) is 13.3. The van der Waals surface area contributed by atoms with Crippen molar-refractivity contribution in [3.63, 3.8) is 0 Å². The van der Waals surface area contributed by atoms with E-state index in [1.54, 1.807) is 5.57 Å². The molecule has 1 atom stereocenters. The lowest BCUT2D eigenvalue weighted by Crippen LogP contribution is -2.35. The van der Waals surface area contributed by atoms with Gasteiger partial charge in [-0.25, -0.2) is 0 Å². The van der Waals surface area contributed by atoms with Gasteiger partial charge in [-0.05, 0) is 113 Å². The molecule has 0 bridgehead atoms. The number of nitrogens with zero attached hydrogens (tertiary/aromatic N) is 1. The van der Waals surface area contributed by atoms with Crippen molar-refractivity contribution in [3.05, 3.63) is 99.2 Å². The van der Waals surface area contributed by atoms with E-state index in [0.717, 1.165) is 19.3 Å². The zero-order chi connectivity index (χ0) is 28.3. The zero-order valence-electron chi connectivity index (χ0n) is 26.0. The molecule has 208 valence electrons. The van der Waals surface area contributed by atoms with Crippen molar-refractivity contribution in [3.8, 4) is 11.1 Å². The minimum Gasteiger partial charge on any atom is -0.333 e. The lowest BCUT2D eigenvalue weighted by atomic mass is 9.76. The first kappa shape index (κ1) is 27.1. The Morgan fingerprint density at radius 2 is 1.65 bits per heavy atom. The van der Waals surface area contributed by atoms with E-state index in [4.69, 9.17) is 0 Å². The Morgan fingerprint density at radius 1 is 0.875 bits per heavy atom. The van der Waals surface area contributed by atoms with Crippen LogP contribution in [-0.2, 0) is 11.8 Å². The monoisotopic (exact) mass is 529 g/mol. The van der Waals surface area contributed by atoms with Crippen LogP contribution in [0.25, 0.3) is 22.3 Å². The summed E-state index contributed by atoms with van der Waals surface area (Å²) >= 11 is 0. The molecule has 3 aromatic rings. The van der Waals surface area contributed by atoms with Gasteiger partial charge in [-0.2, -0.15) is 0 Å². The molecular formula is C39H47N. The quantitative estimate of drug-likeness (QED) is 0.294. The van der Waals surface area contributed by atoms with Gasteiger partial charge in [0.2, 0.25) is 0 Å². The largest absolute Gasteiger partial charge is 0.333 e. The van der Waals surface area contributed by atoms with Crippen LogP contribution in [0.2, 0.25) is 0 Å². The fraction of sp³-hybridized carbons (Fsp3) is 0.436. The molecule has 1 aliphatic carbocycles. The van der Waals surface area contributed by atoms with Gasteiger partial charge in [-0.15, -0.1) is 0 Å². The topological polar surface area (TPSA) is 3.24 Å². The number of allylic oxidation sites excluding steroid dienone is 3. The number of aryl methyl sites for hydroxylation is 2. The maximum absolute atomic E-state index is 2.75. The fourth-order valence-electron chi connectivity index (χ4n) is 7.97. The molecule has 0 saturated heterocycles. The highest BCUT2D eigenvalue weighted by atomic mass is 15.2. The molecule has 2 heterocycles. The van der Waals surface area contributed by atoms with E-state index in [9.17, 15) is 0 Å². The first-order chi connectivity index (χ1) is 19.2. The summed E-state index contributed by atoms with van der Waals surface area (Å²) in [5.41, 5.74) is 19.2. The Labute approximate surface area is 243 Å². The Hall–Kier alpha value is -3.06. The first-order valence-electron chi connectivity index (χ1n) is 15.9. The summed E-state index contributed by atoms with van der Waals surface area (Å²) in [6.45, 7) is 18.9. The van der Waals surface area contributed by atoms with Gasteiger partial charge < -0.3 is 4.90 Å². The van der Waals surface area contributed by atoms with Crippen LogP contribution in [0.4, 0.5) is 5.69 Å². The van der Waals surface area contributed by atoms with Crippen LogP contribution in [0.5, 0.6) is 0 Å². The van der Waals surface area contributed by atoms with E-state index in [1.165, 1.54) is 86.3 Å². The summed E-state index contributed by atoms with van der Waals surface area (Å²) < 4.78 is 0. The van der Waals surface area contributed by atoms with Gasteiger partial charge in [0, 0.05) is 22.4 Å². The molecule has 0 radical (unpaired) electrons. The van der Waals surface area contributed by atoms with Crippen LogP contribution in [0.1, 0.15) is 126 Å². The SMILES string of the molecule is CCCCc1cc(C)c2c(c1)C1C=C(CC(C)C)c3cc4c(cc3N1C(CC)=C2CC)C(C)(C)c1ccccc1-4. The van der Waals surface area contributed by atoms with Crippen molar-refractivity contribution >= 4 is 16.8 Å². The predicted molar refractivity (Wildman–Crippen MR) is 174 cm³/mol. The maximum Gasteiger partial charge on any atom is 0.0784 e.